The molecule has 0 aliphatic carbocycles. The Morgan fingerprint density at radius 2 is 1.91 bits per heavy atom. The van der Waals surface area contributed by atoms with E-state index in [0.717, 1.165) is 25.9 Å². The van der Waals surface area contributed by atoms with Gasteiger partial charge in [-0.2, -0.15) is 9.78 Å². The second-order valence-electron chi connectivity index (χ2n) is 8.61. The number of anilines is 1. The number of carbonyl (C=O) groups excluding carboxylic acids is 1. The number of rotatable bonds is 6. The fourth-order valence-electron chi connectivity index (χ4n) is 3.20. The number of amides is 1. The molecule has 0 spiro atoms. The Labute approximate surface area is 195 Å². The Balaban J connectivity index is 1.47. The molecule has 0 saturated carbocycles. The molecular formula is C24H25FN4OS2. The molecule has 0 unspecified atom stereocenters. The Morgan fingerprint density at radius 3 is 2.62 bits per heavy atom. The zero-order valence-corrected chi connectivity index (χ0v) is 20.1. The zero-order valence-electron chi connectivity index (χ0n) is 18.5. The highest BCUT2D eigenvalue weighted by Gasteiger charge is 2.18. The van der Waals surface area contributed by atoms with Gasteiger partial charge in [-0.3, -0.25) is 4.79 Å². The molecule has 0 atom stereocenters. The van der Waals surface area contributed by atoms with Crippen molar-refractivity contribution in [2.24, 2.45) is 0 Å². The number of nitrogens with one attached hydrogen (secondary N) is 1. The Bertz CT molecular complexity index is 1260. The quantitative estimate of drug-likeness (QED) is 0.335. The minimum atomic E-state index is -0.264. The van der Waals surface area contributed by atoms with E-state index >= 15 is 0 Å². The van der Waals surface area contributed by atoms with E-state index in [1.807, 2.05) is 19.1 Å². The summed E-state index contributed by atoms with van der Waals surface area (Å²) in [6.45, 7) is 8.46. The average Bonchev–Trinajstić information content (AvgIpc) is 3.31. The van der Waals surface area contributed by atoms with Crippen molar-refractivity contribution >= 4 is 45.0 Å². The van der Waals surface area contributed by atoms with Crippen molar-refractivity contribution in [3.05, 3.63) is 65.6 Å². The van der Waals surface area contributed by atoms with Gasteiger partial charge in [-0.1, -0.05) is 38.2 Å². The van der Waals surface area contributed by atoms with Crippen molar-refractivity contribution in [3.63, 3.8) is 0 Å². The van der Waals surface area contributed by atoms with Gasteiger partial charge in [0.25, 0.3) is 0 Å². The molecule has 2 aromatic carbocycles. The molecule has 8 heteroatoms. The summed E-state index contributed by atoms with van der Waals surface area (Å²) in [5, 5.41) is 8.22. The summed E-state index contributed by atoms with van der Waals surface area (Å²) in [5.74, 6) is 0.841. The lowest BCUT2D eigenvalue weighted by Gasteiger charge is -2.18. The molecule has 0 aliphatic rings. The summed E-state index contributed by atoms with van der Waals surface area (Å²) in [5.41, 5.74) is 3.03. The van der Waals surface area contributed by atoms with E-state index in [1.165, 1.54) is 29.5 Å². The van der Waals surface area contributed by atoms with Crippen molar-refractivity contribution in [3.8, 4) is 5.13 Å². The molecule has 1 amide bonds. The lowest BCUT2D eigenvalue weighted by molar-refractivity contribution is -0.115. The van der Waals surface area contributed by atoms with Gasteiger partial charge >= 0.3 is 0 Å². The number of aromatic nitrogens is 3. The lowest BCUT2D eigenvalue weighted by Crippen LogP contribution is -2.15. The van der Waals surface area contributed by atoms with Crippen LogP contribution in [-0.4, -0.2) is 26.4 Å². The molecule has 0 bridgehead atoms. The Kier molecular flexibility index (Phi) is 6.35. The van der Waals surface area contributed by atoms with Crippen LogP contribution in [0.15, 0.2) is 53.4 Å². The monoisotopic (exact) mass is 468 g/mol. The normalized spacial score (nSPS) is 11.8. The van der Waals surface area contributed by atoms with E-state index in [4.69, 9.17) is 4.98 Å². The molecule has 166 valence electrons. The molecule has 2 heterocycles. The highest BCUT2D eigenvalue weighted by molar-refractivity contribution is 7.99. The maximum atomic E-state index is 13.0. The smallest absolute Gasteiger partial charge is 0.226 e. The molecule has 2 aromatic heterocycles. The van der Waals surface area contributed by atoms with Crippen molar-refractivity contribution in [1.29, 1.82) is 0 Å². The molecule has 1 N–H and O–H groups in total. The standard InChI is InChI=1S/C24H25FN4OS2/c1-15-13-21(27-22(30)11-12-31-18-8-6-17(25)7-9-18)29(28-15)23-26-19-10-5-16(24(2,3)4)14-20(19)32-23/h5-10,13-14H,11-12H2,1-4H3,(H,27,30). The van der Waals surface area contributed by atoms with Gasteiger partial charge in [-0.25, -0.2) is 9.37 Å². The van der Waals surface area contributed by atoms with Crippen molar-refractivity contribution < 1.29 is 9.18 Å². The van der Waals surface area contributed by atoms with Gasteiger partial charge in [-0.05, 0) is 54.3 Å². The van der Waals surface area contributed by atoms with E-state index in [2.05, 4.69) is 43.3 Å². The topological polar surface area (TPSA) is 59.8 Å². The first-order chi connectivity index (χ1) is 15.2. The molecule has 0 saturated heterocycles. The van der Waals surface area contributed by atoms with Crippen LogP contribution in [0, 0.1) is 12.7 Å². The van der Waals surface area contributed by atoms with Crippen LogP contribution in [0.5, 0.6) is 0 Å². The predicted molar refractivity (Wildman–Crippen MR) is 131 cm³/mol. The van der Waals surface area contributed by atoms with Gasteiger partial charge in [0.15, 0.2) is 0 Å². The lowest BCUT2D eigenvalue weighted by atomic mass is 9.87. The van der Waals surface area contributed by atoms with Crippen LogP contribution < -0.4 is 5.32 Å². The molecule has 32 heavy (non-hydrogen) atoms. The van der Waals surface area contributed by atoms with Crippen LogP contribution in [0.4, 0.5) is 10.2 Å². The number of thioether (sulfide) groups is 1. The largest absolute Gasteiger partial charge is 0.310 e. The summed E-state index contributed by atoms with van der Waals surface area (Å²) in [7, 11) is 0. The molecule has 5 nitrogen and oxygen atoms in total. The molecule has 4 aromatic rings. The van der Waals surface area contributed by atoms with Gasteiger partial charge in [0.1, 0.15) is 11.6 Å². The number of hydrogen-bond acceptors (Lipinski definition) is 5. The predicted octanol–water partition coefficient (Wildman–Crippen LogP) is 6.35. The van der Waals surface area contributed by atoms with Gasteiger partial charge in [-0.15, -0.1) is 11.8 Å². The summed E-state index contributed by atoms with van der Waals surface area (Å²) < 4.78 is 15.8. The summed E-state index contributed by atoms with van der Waals surface area (Å²) in [6.07, 6.45) is 0.334. The fourth-order valence-corrected chi connectivity index (χ4v) is 5.02. The van der Waals surface area contributed by atoms with E-state index < -0.39 is 0 Å². The number of thiazole rings is 1. The first kappa shape index (κ1) is 22.5. The van der Waals surface area contributed by atoms with Gasteiger partial charge in [0, 0.05) is 23.1 Å². The molecule has 0 fully saturated rings. The fraction of sp³-hybridized carbons (Fsp3) is 0.292. The van der Waals surface area contributed by atoms with Crippen LogP contribution in [0.1, 0.15) is 38.4 Å². The number of nitrogens with zero attached hydrogens (tertiary/aromatic N) is 3. The van der Waals surface area contributed by atoms with E-state index in [0.29, 0.717) is 18.0 Å². The number of fused-ring (bicyclic) bond motifs is 1. The van der Waals surface area contributed by atoms with Crippen molar-refractivity contribution in [2.45, 2.75) is 44.4 Å². The van der Waals surface area contributed by atoms with Crippen LogP contribution >= 0.6 is 23.1 Å². The van der Waals surface area contributed by atoms with Crippen molar-refractivity contribution in [2.75, 3.05) is 11.1 Å². The second-order valence-corrected chi connectivity index (χ2v) is 10.8. The minimum absolute atomic E-state index is 0.0612. The third kappa shape index (κ3) is 5.19. The molecule has 0 radical (unpaired) electrons. The van der Waals surface area contributed by atoms with E-state index in [-0.39, 0.29) is 17.1 Å². The second kappa shape index (κ2) is 9.03. The molecule has 0 aliphatic heterocycles. The SMILES string of the molecule is Cc1cc(NC(=O)CCSc2ccc(F)cc2)n(-c2nc3ccc(C(C)(C)C)cc3s2)n1. The first-order valence-corrected chi connectivity index (χ1v) is 12.2. The van der Waals surface area contributed by atoms with Gasteiger partial charge in [0.2, 0.25) is 11.0 Å². The number of benzene rings is 2. The van der Waals surface area contributed by atoms with Gasteiger partial charge in [0.05, 0.1) is 15.9 Å². The summed E-state index contributed by atoms with van der Waals surface area (Å²) >= 11 is 3.07. The maximum Gasteiger partial charge on any atom is 0.226 e. The molecule has 4 rings (SSSR count). The van der Waals surface area contributed by atoms with Crippen LogP contribution in [0.3, 0.4) is 0 Å². The van der Waals surface area contributed by atoms with Crippen LogP contribution in [0.25, 0.3) is 15.3 Å². The first-order valence-electron chi connectivity index (χ1n) is 10.4. The summed E-state index contributed by atoms with van der Waals surface area (Å²) in [6, 6.07) is 14.5. The van der Waals surface area contributed by atoms with Crippen LogP contribution in [0.2, 0.25) is 0 Å². The Hall–Kier alpha value is -2.71. The number of halogens is 1. The van der Waals surface area contributed by atoms with E-state index in [1.54, 1.807) is 28.2 Å². The van der Waals surface area contributed by atoms with Crippen LogP contribution in [-0.2, 0) is 10.2 Å². The number of aryl methyl sites for hydroxylation is 1. The maximum absolute atomic E-state index is 13.0. The number of hydrogen-bond donors (Lipinski definition) is 1. The Morgan fingerprint density at radius 1 is 1.16 bits per heavy atom. The average molecular weight is 469 g/mol. The third-order valence-electron chi connectivity index (χ3n) is 4.93. The zero-order chi connectivity index (χ0) is 22.9. The van der Waals surface area contributed by atoms with E-state index in [9.17, 15) is 9.18 Å². The molecular weight excluding hydrogens is 443 g/mol. The van der Waals surface area contributed by atoms with Crippen molar-refractivity contribution in [1.82, 2.24) is 14.8 Å². The highest BCUT2D eigenvalue weighted by atomic mass is 32.2. The minimum Gasteiger partial charge on any atom is -0.310 e. The highest BCUT2D eigenvalue weighted by Crippen LogP contribution is 2.31. The number of carbonyl (C=O) groups is 1. The third-order valence-corrected chi connectivity index (χ3v) is 6.94. The van der Waals surface area contributed by atoms with Gasteiger partial charge < -0.3 is 5.32 Å². The summed E-state index contributed by atoms with van der Waals surface area (Å²) in [4.78, 5) is 18.2.